The van der Waals surface area contributed by atoms with Crippen LogP contribution in [0.4, 0.5) is 5.69 Å². The highest BCUT2D eigenvalue weighted by Crippen LogP contribution is 2.23. The van der Waals surface area contributed by atoms with E-state index in [4.69, 9.17) is 5.73 Å². The molecule has 0 saturated heterocycles. The van der Waals surface area contributed by atoms with E-state index in [-0.39, 0.29) is 17.1 Å². The van der Waals surface area contributed by atoms with E-state index in [1.54, 1.807) is 17.6 Å². The second-order valence-electron chi connectivity index (χ2n) is 4.66. The van der Waals surface area contributed by atoms with Crippen LogP contribution < -0.4 is 10.5 Å². The molecule has 0 amide bonds. The maximum Gasteiger partial charge on any atom is 0.242 e. The van der Waals surface area contributed by atoms with Crippen LogP contribution in [0, 0.1) is 20.8 Å². The number of anilines is 1. The first-order valence-corrected chi connectivity index (χ1v) is 8.43. The summed E-state index contributed by atoms with van der Waals surface area (Å²) >= 11 is 1.43. The lowest BCUT2D eigenvalue weighted by Gasteiger charge is -2.11. The Kier molecular flexibility index (Phi) is 4.12. The highest BCUT2D eigenvalue weighted by molar-refractivity contribution is 7.89. The Balaban J connectivity index is 2.27. The van der Waals surface area contributed by atoms with Crippen LogP contribution in [0.25, 0.3) is 0 Å². The van der Waals surface area contributed by atoms with Gasteiger partial charge in [-0.05, 0) is 44.0 Å². The maximum absolute atomic E-state index is 12.3. The van der Waals surface area contributed by atoms with Gasteiger partial charge in [-0.1, -0.05) is 0 Å². The van der Waals surface area contributed by atoms with Gasteiger partial charge in [0.05, 0.1) is 16.9 Å². The third-order valence-electron chi connectivity index (χ3n) is 3.18. The maximum atomic E-state index is 12.3. The van der Waals surface area contributed by atoms with E-state index in [1.807, 2.05) is 20.8 Å². The van der Waals surface area contributed by atoms with Gasteiger partial charge in [-0.2, -0.15) is 0 Å². The zero-order valence-corrected chi connectivity index (χ0v) is 13.2. The molecule has 0 aliphatic rings. The van der Waals surface area contributed by atoms with Crippen LogP contribution in [0.1, 0.15) is 21.7 Å². The fourth-order valence-electron chi connectivity index (χ4n) is 1.78. The Labute approximate surface area is 122 Å². The molecule has 0 spiro atoms. The van der Waals surface area contributed by atoms with E-state index in [0.29, 0.717) is 0 Å². The standard InChI is InChI=1S/C13H17N3O2S2/c1-8-4-11(14)13(5-9(8)2)20(17,18)16-6-12-10(3)15-7-19-12/h4-5,7,16H,6,14H2,1-3H3. The molecule has 0 atom stereocenters. The molecule has 2 aromatic rings. The summed E-state index contributed by atoms with van der Waals surface area (Å²) in [5.41, 5.74) is 10.5. The first kappa shape index (κ1) is 15.0. The van der Waals surface area contributed by atoms with Gasteiger partial charge in [-0.15, -0.1) is 11.3 Å². The SMILES string of the molecule is Cc1cc(N)c(S(=O)(=O)NCc2scnc2C)cc1C. The molecule has 2 rings (SSSR count). The molecule has 0 saturated carbocycles. The Morgan fingerprint density at radius 2 is 1.90 bits per heavy atom. The molecule has 0 bridgehead atoms. The van der Waals surface area contributed by atoms with Crippen molar-refractivity contribution in [2.75, 3.05) is 5.73 Å². The van der Waals surface area contributed by atoms with Crippen molar-refractivity contribution in [3.8, 4) is 0 Å². The predicted molar refractivity (Wildman–Crippen MR) is 81.2 cm³/mol. The summed E-state index contributed by atoms with van der Waals surface area (Å²) in [5.74, 6) is 0. The molecular weight excluding hydrogens is 294 g/mol. The molecule has 20 heavy (non-hydrogen) atoms. The Hall–Kier alpha value is -1.44. The largest absolute Gasteiger partial charge is 0.398 e. The minimum atomic E-state index is -3.62. The van der Waals surface area contributed by atoms with Crippen LogP contribution in [0.5, 0.6) is 0 Å². The molecule has 1 aromatic carbocycles. The lowest BCUT2D eigenvalue weighted by molar-refractivity contribution is 0.582. The van der Waals surface area contributed by atoms with Gasteiger partial charge in [0.25, 0.3) is 0 Å². The number of thiazole rings is 1. The van der Waals surface area contributed by atoms with Gasteiger partial charge in [-0.3, -0.25) is 0 Å². The summed E-state index contributed by atoms with van der Waals surface area (Å²) in [6, 6.07) is 3.29. The van der Waals surface area contributed by atoms with E-state index < -0.39 is 10.0 Å². The van der Waals surface area contributed by atoms with Crippen LogP contribution >= 0.6 is 11.3 Å². The van der Waals surface area contributed by atoms with Crippen molar-refractivity contribution >= 4 is 27.0 Å². The van der Waals surface area contributed by atoms with Crippen molar-refractivity contribution in [3.63, 3.8) is 0 Å². The quantitative estimate of drug-likeness (QED) is 0.847. The fourth-order valence-corrected chi connectivity index (χ4v) is 3.78. The zero-order valence-electron chi connectivity index (χ0n) is 11.6. The number of benzene rings is 1. The monoisotopic (exact) mass is 311 g/mol. The van der Waals surface area contributed by atoms with Crippen LogP contribution in [0.15, 0.2) is 22.5 Å². The van der Waals surface area contributed by atoms with Crippen LogP contribution in [-0.2, 0) is 16.6 Å². The Morgan fingerprint density at radius 1 is 1.25 bits per heavy atom. The van der Waals surface area contributed by atoms with E-state index in [2.05, 4.69) is 9.71 Å². The average Bonchev–Trinajstić information content (AvgIpc) is 2.77. The second kappa shape index (κ2) is 5.51. The molecule has 0 fully saturated rings. The zero-order chi connectivity index (χ0) is 14.9. The predicted octanol–water partition coefficient (Wildman–Crippen LogP) is 2.13. The van der Waals surface area contributed by atoms with E-state index in [0.717, 1.165) is 21.7 Å². The number of nitrogen functional groups attached to an aromatic ring is 1. The molecule has 0 aliphatic heterocycles. The van der Waals surface area contributed by atoms with E-state index in [9.17, 15) is 8.42 Å². The minimum Gasteiger partial charge on any atom is -0.398 e. The molecule has 1 aromatic heterocycles. The van der Waals surface area contributed by atoms with Crippen molar-refractivity contribution in [2.24, 2.45) is 0 Å². The fraction of sp³-hybridized carbons (Fsp3) is 0.308. The van der Waals surface area contributed by atoms with Gasteiger partial charge < -0.3 is 5.73 Å². The lowest BCUT2D eigenvalue weighted by Crippen LogP contribution is -2.24. The molecule has 108 valence electrons. The van der Waals surface area contributed by atoms with Crippen molar-refractivity contribution in [1.82, 2.24) is 9.71 Å². The third kappa shape index (κ3) is 3.00. The molecule has 0 unspecified atom stereocenters. The summed E-state index contributed by atoms with van der Waals surface area (Å²) in [7, 11) is -3.62. The number of nitrogens with two attached hydrogens (primary N) is 1. The second-order valence-corrected chi connectivity index (χ2v) is 7.33. The Bertz CT molecular complexity index is 736. The number of aromatic nitrogens is 1. The van der Waals surface area contributed by atoms with Crippen molar-refractivity contribution in [3.05, 3.63) is 39.3 Å². The number of aryl methyl sites for hydroxylation is 3. The van der Waals surface area contributed by atoms with Crippen LogP contribution in [0.3, 0.4) is 0 Å². The number of nitrogens with one attached hydrogen (secondary N) is 1. The van der Waals surface area contributed by atoms with Crippen LogP contribution in [0.2, 0.25) is 0 Å². The molecule has 7 heteroatoms. The first-order chi connectivity index (χ1) is 9.31. The number of hydrogen-bond acceptors (Lipinski definition) is 5. The van der Waals surface area contributed by atoms with E-state index >= 15 is 0 Å². The first-order valence-electron chi connectivity index (χ1n) is 6.06. The van der Waals surface area contributed by atoms with E-state index in [1.165, 1.54) is 11.3 Å². The number of hydrogen-bond donors (Lipinski definition) is 2. The highest BCUT2D eigenvalue weighted by atomic mass is 32.2. The minimum absolute atomic E-state index is 0.128. The van der Waals surface area contributed by atoms with Gasteiger partial charge in [0.1, 0.15) is 4.90 Å². The normalized spacial score (nSPS) is 11.8. The molecule has 1 heterocycles. The van der Waals surface area contributed by atoms with Gasteiger partial charge >= 0.3 is 0 Å². The van der Waals surface area contributed by atoms with Crippen LogP contribution in [-0.4, -0.2) is 13.4 Å². The number of rotatable bonds is 4. The van der Waals surface area contributed by atoms with Crippen molar-refractivity contribution < 1.29 is 8.42 Å². The molecular formula is C13H17N3O2S2. The van der Waals surface area contributed by atoms with Gasteiger partial charge in [-0.25, -0.2) is 18.1 Å². The van der Waals surface area contributed by atoms with Gasteiger partial charge in [0.15, 0.2) is 0 Å². The number of sulfonamides is 1. The molecule has 5 nitrogen and oxygen atoms in total. The number of nitrogens with zero attached hydrogens (tertiary/aromatic N) is 1. The summed E-state index contributed by atoms with van der Waals surface area (Å²) in [6.45, 7) is 5.84. The molecule has 0 radical (unpaired) electrons. The highest BCUT2D eigenvalue weighted by Gasteiger charge is 2.19. The average molecular weight is 311 g/mol. The Morgan fingerprint density at radius 3 is 2.50 bits per heavy atom. The summed E-state index contributed by atoms with van der Waals surface area (Å²) in [4.78, 5) is 5.12. The molecule has 3 N–H and O–H groups in total. The summed E-state index contributed by atoms with van der Waals surface area (Å²) < 4.78 is 27.2. The summed E-state index contributed by atoms with van der Waals surface area (Å²) in [6.07, 6.45) is 0. The van der Waals surface area contributed by atoms with Gasteiger partial charge in [0, 0.05) is 11.4 Å². The topological polar surface area (TPSA) is 85.1 Å². The third-order valence-corrected chi connectivity index (χ3v) is 5.58. The van der Waals surface area contributed by atoms with Crippen molar-refractivity contribution in [1.29, 1.82) is 0 Å². The summed E-state index contributed by atoms with van der Waals surface area (Å²) in [5, 5.41) is 0. The van der Waals surface area contributed by atoms with Crippen molar-refractivity contribution in [2.45, 2.75) is 32.2 Å². The molecule has 0 aliphatic carbocycles. The van der Waals surface area contributed by atoms with Gasteiger partial charge in [0.2, 0.25) is 10.0 Å². The smallest absolute Gasteiger partial charge is 0.242 e. The lowest BCUT2D eigenvalue weighted by atomic mass is 10.1.